The lowest BCUT2D eigenvalue weighted by atomic mass is 9.84. The summed E-state index contributed by atoms with van der Waals surface area (Å²) in [6.45, 7) is 7.74. The maximum atomic E-state index is 13.3. The van der Waals surface area contributed by atoms with E-state index in [-0.39, 0.29) is 17.5 Å². The number of hydrogen-bond donors (Lipinski definition) is 0. The molecule has 3 aromatic carbocycles. The number of benzene rings is 3. The highest BCUT2D eigenvalue weighted by Gasteiger charge is 2.24. The summed E-state index contributed by atoms with van der Waals surface area (Å²) in [5.41, 5.74) is 4.04. The van der Waals surface area contributed by atoms with Crippen LogP contribution in [0.4, 0.5) is 0 Å². The van der Waals surface area contributed by atoms with Crippen molar-refractivity contribution in [2.45, 2.75) is 34.1 Å². The molecule has 0 aliphatic heterocycles. The molecular formula is C27H28O2. The first-order valence-electron chi connectivity index (χ1n) is 10.1. The van der Waals surface area contributed by atoms with Crippen molar-refractivity contribution in [1.29, 1.82) is 0 Å². The molecule has 3 rings (SSSR count). The van der Waals surface area contributed by atoms with Crippen LogP contribution in [0.15, 0.2) is 78.9 Å². The van der Waals surface area contributed by atoms with Gasteiger partial charge in [0.25, 0.3) is 0 Å². The van der Waals surface area contributed by atoms with Crippen molar-refractivity contribution in [2.24, 2.45) is 11.3 Å². The van der Waals surface area contributed by atoms with Crippen molar-refractivity contribution < 1.29 is 9.59 Å². The van der Waals surface area contributed by atoms with Crippen LogP contribution in [0.1, 0.15) is 54.0 Å². The third-order valence-electron chi connectivity index (χ3n) is 5.14. The van der Waals surface area contributed by atoms with Crippen LogP contribution in [0, 0.1) is 11.3 Å². The summed E-state index contributed by atoms with van der Waals surface area (Å²) < 4.78 is 0. The quantitative estimate of drug-likeness (QED) is 0.446. The first kappa shape index (κ1) is 20.7. The Kier molecular flexibility index (Phi) is 6.12. The molecular weight excluding hydrogens is 356 g/mol. The van der Waals surface area contributed by atoms with Gasteiger partial charge in [-0.15, -0.1) is 0 Å². The summed E-state index contributed by atoms with van der Waals surface area (Å²) in [5, 5.41) is 0. The predicted molar refractivity (Wildman–Crippen MR) is 119 cm³/mol. The van der Waals surface area contributed by atoms with Crippen LogP contribution in [0.3, 0.4) is 0 Å². The molecule has 29 heavy (non-hydrogen) atoms. The van der Waals surface area contributed by atoms with Gasteiger partial charge in [0.15, 0.2) is 11.6 Å². The smallest absolute Gasteiger partial charge is 0.168 e. The SMILES string of the molecule is CC(Cc1cccc(C(=O)C(C)(C)C)c1)C(=O)c1ccccc1-c1ccccc1. The number of hydrogen-bond acceptors (Lipinski definition) is 2. The van der Waals surface area contributed by atoms with E-state index in [4.69, 9.17) is 0 Å². The van der Waals surface area contributed by atoms with E-state index in [0.29, 0.717) is 12.0 Å². The van der Waals surface area contributed by atoms with Gasteiger partial charge in [-0.05, 0) is 29.2 Å². The topological polar surface area (TPSA) is 34.1 Å². The van der Waals surface area contributed by atoms with Crippen LogP contribution < -0.4 is 0 Å². The van der Waals surface area contributed by atoms with Crippen molar-refractivity contribution in [1.82, 2.24) is 0 Å². The zero-order valence-corrected chi connectivity index (χ0v) is 17.6. The molecule has 0 aliphatic carbocycles. The Morgan fingerprint density at radius 3 is 2.17 bits per heavy atom. The Hall–Kier alpha value is -3.00. The van der Waals surface area contributed by atoms with Crippen LogP contribution in [0.5, 0.6) is 0 Å². The molecule has 1 atom stereocenters. The number of ketones is 2. The summed E-state index contributed by atoms with van der Waals surface area (Å²) in [4.78, 5) is 25.8. The van der Waals surface area contributed by atoms with E-state index in [1.54, 1.807) is 0 Å². The molecule has 148 valence electrons. The van der Waals surface area contributed by atoms with Crippen LogP contribution in [0.25, 0.3) is 11.1 Å². The molecule has 1 unspecified atom stereocenters. The van der Waals surface area contributed by atoms with E-state index in [9.17, 15) is 9.59 Å². The third-order valence-corrected chi connectivity index (χ3v) is 5.14. The van der Waals surface area contributed by atoms with Crippen molar-refractivity contribution >= 4 is 11.6 Å². The summed E-state index contributed by atoms with van der Waals surface area (Å²) in [7, 11) is 0. The molecule has 0 radical (unpaired) electrons. The molecule has 0 saturated carbocycles. The minimum atomic E-state index is -0.422. The van der Waals surface area contributed by atoms with Crippen molar-refractivity contribution in [3.8, 4) is 11.1 Å². The number of carbonyl (C=O) groups excluding carboxylic acids is 2. The van der Waals surface area contributed by atoms with E-state index in [1.807, 2.05) is 107 Å². The Labute approximate surface area is 173 Å². The van der Waals surface area contributed by atoms with Gasteiger partial charge in [0.05, 0.1) is 0 Å². The Morgan fingerprint density at radius 1 is 0.828 bits per heavy atom. The van der Waals surface area contributed by atoms with Crippen molar-refractivity contribution in [3.05, 3.63) is 95.6 Å². The average Bonchev–Trinajstić information content (AvgIpc) is 2.72. The van der Waals surface area contributed by atoms with E-state index >= 15 is 0 Å². The van der Waals surface area contributed by atoms with E-state index in [0.717, 1.165) is 22.3 Å². The molecule has 0 spiro atoms. The van der Waals surface area contributed by atoms with E-state index in [2.05, 4.69) is 0 Å². The zero-order valence-electron chi connectivity index (χ0n) is 17.6. The Morgan fingerprint density at radius 2 is 1.48 bits per heavy atom. The first-order chi connectivity index (χ1) is 13.8. The molecule has 0 aliphatic rings. The van der Waals surface area contributed by atoms with Crippen LogP contribution >= 0.6 is 0 Å². The van der Waals surface area contributed by atoms with E-state index in [1.165, 1.54) is 0 Å². The summed E-state index contributed by atoms with van der Waals surface area (Å²) in [6, 6.07) is 25.5. The highest BCUT2D eigenvalue weighted by molar-refractivity contribution is 6.03. The van der Waals surface area contributed by atoms with Crippen LogP contribution in [-0.4, -0.2) is 11.6 Å². The Balaban J connectivity index is 1.84. The normalized spacial score (nSPS) is 12.4. The second-order valence-corrected chi connectivity index (χ2v) is 8.66. The molecule has 0 bridgehead atoms. The van der Waals surface area contributed by atoms with Gasteiger partial charge >= 0.3 is 0 Å². The maximum Gasteiger partial charge on any atom is 0.168 e. The first-order valence-corrected chi connectivity index (χ1v) is 10.1. The average molecular weight is 385 g/mol. The second-order valence-electron chi connectivity index (χ2n) is 8.66. The van der Waals surface area contributed by atoms with Gasteiger partial charge in [0, 0.05) is 22.5 Å². The standard InChI is InChI=1S/C27H28O2/c1-19(17-20-11-10-14-22(18-20)26(29)27(2,3)4)25(28)24-16-9-8-15-23(24)21-12-6-5-7-13-21/h5-16,18-19H,17H2,1-4H3. The van der Waals surface area contributed by atoms with Crippen LogP contribution in [0.2, 0.25) is 0 Å². The van der Waals surface area contributed by atoms with Gasteiger partial charge in [0.1, 0.15) is 0 Å². The molecule has 0 aromatic heterocycles. The highest BCUT2D eigenvalue weighted by atomic mass is 16.1. The lowest BCUT2D eigenvalue weighted by Gasteiger charge is -2.18. The molecule has 2 nitrogen and oxygen atoms in total. The summed E-state index contributed by atoms with van der Waals surface area (Å²) in [5.74, 6) is 0.0598. The fourth-order valence-electron chi connectivity index (χ4n) is 3.55. The minimum Gasteiger partial charge on any atom is -0.294 e. The van der Waals surface area contributed by atoms with Gasteiger partial charge in [-0.1, -0.05) is 100 Å². The molecule has 0 fully saturated rings. The fourth-order valence-corrected chi connectivity index (χ4v) is 3.55. The van der Waals surface area contributed by atoms with Gasteiger partial charge in [-0.25, -0.2) is 0 Å². The largest absolute Gasteiger partial charge is 0.294 e. The second kappa shape index (κ2) is 8.57. The number of rotatable bonds is 6. The van der Waals surface area contributed by atoms with E-state index < -0.39 is 5.41 Å². The molecule has 3 aromatic rings. The zero-order chi connectivity index (χ0) is 21.0. The molecule has 2 heteroatoms. The van der Waals surface area contributed by atoms with Gasteiger partial charge < -0.3 is 0 Å². The predicted octanol–water partition coefficient (Wildman–Crippen LogP) is 6.64. The van der Waals surface area contributed by atoms with Crippen molar-refractivity contribution in [3.63, 3.8) is 0 Å². The highest BCUT2D eigenvalue weighted by Crippen LogP contribution is 2.27. The minimum absolute atomic E-state index is 0.118. The van der Waals surface area contributed by atoms with Gasteiger partial charge in [-0.2, -0.15) is 0 Å². The van der Waals surface area contributed by atoms with Crippen LogP contribution in [-0.2, 0) is 6.42 Å². The molecule has 0 saturated heterocycles. The summed E-state index contributed by atoms with van der Waals surface area (Å²) in [6.07, 6.45) is 0.604. The Bertz CT molecular complexity index is 1010. The molecule has 0 heterocycles. The lowest BCUT2D eigenvalue weighted by molar-refractivity contribution is 0.0858. The molecule has 0 amide bonds. The number of carbonyl (C=O) groups is 2. The fraction of sp³-hybridized carbons (Fsp3) is 0.259. The maximum absolute atomic E-state index is 13.3. The summed E-state index contributed by atoms with van der Waals surface area (Å²) >= 11 is 0. The number of Topliss-reactive ketones (excluding diaryl/α,β-unsaturated/α-hetero) is 2. The third kappa shape index (κ3) is 4.89. The van der Waals surface area contributed by atoms with Gasteiger partial charge in [-0.3, -0.25) is 9.59 Å². The van der Waals surface area contributed by atoms with Crippen molar-refractivity contribution in [2.75, 3.05) is 0 Å². The van der Waals surface area contributed by atoms with Gasteiger partial charge in [0.2, 0.25) is 0 Å². The lowest BCUT2D eigenvalue weighted by Crippen LogP contribution is -2.20. The monoisotopic (exact) mass is 384 g/mol. The molecule has 0 N–H and O–H groups in total.